The molecule has 1 saturated carbocycles. The minimum atomic E-state index is -0.718. The van der Waals surface area contributed by atoms with Gasteiger partial charge in [-0.2, -0.15) is 0 Å². The molecule has 0 aliphatic heterocycles. The highest BCUT2D eigenvalue weighted by molar-refractivity contribution is 8.01. The maximum atomic E-state index is 11.4. The number of thioether (sulfide) groups is 1. The standard InChI is InChI=1S/C20H21N3O2S/c1-19(2,3)16-6-9-21-17(23-16)15-11-12-10-13(4-5-14(12)22-15)26-20(7-8-20)18(24)25/h4-6,9-11,22H,7-8H2,1-3H3,(H,24,25). The number of rotatable bonds is 4. The first kappa shape index (κ1) is 17.1. The van der Waals surface area contributed by atoms with Crippen molar-refractivity contribution in [2.75, 3.05) is 0 Å². The third-order valence-corrected chi connectivity index (χ3v) is 6.13. The minimum absolute atomic E-state index is 0.0388. The summed E-state index contributed by atoms with van der Waals surface area (Å²) in [6, 6.07) is 9.98. The van der Waals surface area contributed by atoms with Crippen molar-refractivity contribution < 1.29 is 9.90 Å². The topological polar surface area (TPSA) is 78.9 Å². The summed E-state index contributed by atoms with van der Waals surface area (Å²) in [5.74, 6) is -0.0447. The molecule has 1 aliphatic carbocycles. The zero-order valence-corrected chi connectivity index (χ0v) is 15.9. The molecule has 0 spiro atoms. The lowest BCUT2D eigenvalue weighted by Gasteiger charge is -2.17. The summed E-state index contributed by atoms with van der Waals surface area (Å²) < 4.78 is -0.628. The fourth-order valence-corrected chi connectivity index (χ4v) is 4.07. The van der Waals surface area contributed by atoms with Gasteiger partial charge >= 0.3 is 5.97 Å². The second-order valence-corrected chi connectivity index (χ2v) is 9.31. The van der Waals surface area contributed by atoms with Crippen LogP contribution in [0.3, 0.4) is 0 Å². The van der Waals surface area contributed by atoms with Crippen LogP contribution in [0.1, 0.15) is 39.3 Å². The molecule has 0 bridgehead atoms. The van der Waals surface area contributed by atoms with Crippen molar-refractivity contribution in [2.45, 2.75) is 48.7 Å². The summed E-state index contributed by atoms with van der Waals surface area (Å²) in [6.07, 6.45) is 3.26. The summed E-state index contributed by atoms with van der Waals surface area (Å²) >= 11 is 1.45. The van der Waals surface area contributed by atoms with E-state index in [1.54, 1.807) is 6.20 Å². The van der Waals surface area contributed by atoms with Gasteiger partial charge in [-0.3, -0.25) is 4.79 Å². The molecule has 3 aromatic rings. The zero-order valence-electron chi connectivity index (χ0n) is 15.0. The van der Waals surface area contributed by atoms with Gasteiger partial charge in [0.1, 0.15) is 4.75 Å². The number of carbonyl (C=O) groups is 1. The Labute approximate surface area is 156 Å². The van der Waals surface area contributed by atoms with Crippen LogP contribution in [0.2, 0.25) is 0 Å². The second-order valence-electron chi connectivity index (χ2n) is 7.85. The fraction of sp³-hybridized carbons (Fsp3) is 0.350. The molecule has 5 nitrogen and oxygen atoms in total. The molecular formula is C20H21N3O2S. The molecule has 1 fully saturated rings. The molecule has 134 valence electrons. The highest BCUT2D eigenvalue weighted by Gasteiger charge is 2.51. The minimum Gasteiger partial charge on any atom is -0.480 e. The van der Waals surface area contributed by atoms with Crippen molar-refractivity contribution in [1.82, 2.24) is 15.0 Å². The summed E-state index contributed by atoms with van der Waals surface area (Å²) in [5.41, 5.74) is 2.82. The molecule has 0 unspecified atom stereocenters. The Morgan fingerprint density at radius 3 is 2.65 bits per heavy atom. The Bertz CT molecular complexity index is 1000. The van der Waals surface area contributed by atoms with Crippen molar-refractivity contribution in [3.8, 4) is 11.5 Å². The Kier molecular flexibility index (Phi) is 3.84. The molecule has 0 atom stereocenters. The van der Waals surface area contributed by atoms with Crippen LogP contribution in [0.25, 0.3) is 22.4 Å². The molecular weight excluding hydrogens is 346 g/mol. The quantitative estimate of drug-likeness (QED) is 0.703. The number of nitrogens with one attached hydrogen (secondary N) is 1. The molecule has 1 aliphatic rings. The monoisotopic (exact) mass is 367 g/mol. The van der Waals surface area contributed by atoms with Gasteiger partial charge in [0, 0.05) is 33.1 Å². The molecule has 0 saturated heterocycles. The second kappa shape index (κ2) is 5.84. The first-order valence-corrected chi connectivity index (χ1v) is 9.48. The van der Waals surface area contributed by atoms with E-state index in [0.29, 0.717) is 5.82 Å². The summed E-state index contributed by atoms with van der Waals surface area (Å²) in [4.78, 5) is 24.9. The average Bonchev–Trinajstić information content (AvgIpc) is 3.25. The number of aromatic nitrogens is 3. The van der Waals surface area contributed by atoms with Gasteiger partial charge in [-0.1, -0.05) is 20.8 Å². The van der Waals surface area contributed by atoms with Crippen molar-refractivity contribution in [3.63, 3.8) is 0 Å². The van der Waals surface area contributed by atoms with Crippen molar-refractivity contribution in [2.24, 2.45) is 0 Å². The molecule has 26 heavy (non-hydrogen) atoms. The number of hydrogen-bond acceptors (Lipinski definition) is 4. The van der Waals surface area contributed by atoms with Crippen LogP contribution in [0, 0.1) is 0 Å². The van der Waals surface area contributed by atoms with Gasteiger partial charge in [0.05, 0.1) is 5.69 Å². The van der Waals surface area contributed by atoms with E-state index in [0.717, 1.165) is 40.0 Å². The van der Waals surface area contributed by atoms with Crippen molar-refractivity contribution in [1.29, 1.82) is 0 Å². The van der Waals surface area contributed by atoms with Crippen LogP contribution in [-0.4, -0.2) is 30.8 Å². The average molecular weight is 367 g/mol. The Morgan fingerprint density at radius 2 is 2.00 bits per heavy atom. The molecule has 0 radical (unpaired) electrons. The van der Waals surface area contributed by atoms with Crippen LogP contribution in [-0.2, 0) is 10.2 Å². The van der Waals surface area contributed by atoms with Gasteiger partial charge in [-0.25, -0.2) is 9.97 Å². The number of fused-ring (bicyclic) bond motifs is 1. The maximum absolute atomic E-state index is 11.4. The number of benzene rings is 1. The van der Waals surface area contributed by atoms with E-state index in [1.165, 1.54) is 11.8 Å². The van der Waals surface area contributed by atoms with E-state index in [9.17, 15) is 9.90 Å². The number of aromatic amines is 1. The number of H-pyrrole nitrogens is 1. The SMILES string of the molecule is CC(C)(C)c1ccnc(-c2cc3cc(SC4(C(=O)O)CC4)ccc3[nH]2)n1. The van der Waals surface area contributed by atoms with Crippen LogP contribution < -0.4 is 0 Å². The van der Waals surface area contributed by atoms with Crippen molar-refractivity contribution in [3.05, 3.63) is 42.2 Å². The molecule has 4 rings (SSSR count). The molecule has 2 N–H and O–H groups in total. The number of hydrogen-bond donors (Lipinski definition) is 2. The molecule has 0 amide bonds. The third kappa shape index (κ3) is 3.09. The number of aliphatic carboxylic acids is 1. The zero-order chi connectivity index (χ0) is 18.5. The van der Waals surface area contributed by atoms with Gasteiger partial charge in [0.15, 0.2) is 5.82 Å². The highest BCUT2D eigenvalue weighted by Crippen LogP contribution is 2.52. The van der Waals surface area contributed by atoms with E-state index in [-0.39, 0.29) is 5.41 Å². The Balaban J connectivity index is 1.67. The van der Waals surface area contributed by atoms with E-state index < -0.39 is 10.7 Å². The van der Waals surface area contributed by atoms with Gasteiger partial charge < -0.3 is 10.1 Å². The maximum Gasteiger partial charge on any atom is 0.320 e. The molecule has 1 aromatic carbocycles. The van der Waals surface area contributed by atoms with Crippen LogP contribution in [0.4, 0.5) is 0 Å². The van der Waals surface area contributed by atoms with E-state index in [2.05, 4.69) is 30.7 Å². The predicted molar refractivity (Wildman–Crippen MR) is 103 cm³/mol. The first-order valence-electron chi connectivity index (χ1n) is 8.66. The predicted octanol–water partition coefficient (Wildman–Crippen LogP) is 4.63. The van der Waals surface area contributed by atoms with Crippen LogP contribution in [0.15, 0.2) is 41.4 Å². The Hall–Kier alpha value is -2.34. The highest BCUT2D eigenvalue weighted by atomic mass is 32.2. The Morgan fingerprint density at radius 1 is 1.23 bits per heavy atom. The normalized spacial score (nSPS) is 16.0. The summed E-state index contributed by atoms with van der Waals surface area (Å²) in [5, 5.41) is 10.4. The first-order chi connectivity index (χ1) is 12.3. The molecule has 2 heterocycles. The lowest BCUT2D eigenvalue weighted by molar-refractivity contribution is -0.137. The molecule has 6 heteroatoms. The smallest absolute Gasteiger partial charge is 0.320 e. The van der Waals surface area contributed by atoms with Crippen LogP contribution in [0.5, 0.6) is 0 Å². The van der Waals surface area contributed by atoms with E-state index in [1.807, 2.05) is 30.3 Å². The molecule has 2 aromatic heterocycles. The summed E-state index contributed by atoms with van der Waals surface area (Å²) in [7, 11) is 0. The fourth-order valence-electron chi connectivity index (χ4n) is 2.90. The number of carboxylic acids is 1. The van der Waals surface area contributed by atoms with Gasteiger partial charge in [-0.05, 0) is 43.2 Å². The number of nitrogens with zero attached hydrogens (tertiary/aromatic N) is 2. The number of carboxylic acid groups (broad SMARTS) is 1. The van der Waals surface area contributed by atoms with Crippen molar-refractivity contribution >= 4 is 28.6 Å². The van der Waals surface area contributed by atoms with E-state index >= 15 is 0 Å². The van der Waals surface area contributed by atoms with E-state index in [4.69, 9.17) is 4.98 Å². The lowest BCUT2D eigenvalue weighted by Crippen LogP contribution is -2.16. The van der Waals surface area contributed by atoms with Gasteiger partial charge in [0.2, 0.25) is 0 Å². The van der Waals surface area contributed by atoms with Gasteiger partial charge in [0.25, 0.3) is 0 Å². The third-order valence-electron chi connectivity index (χ3n) is 4.66. The van der Waals surface area contributed by atoms with Crippen LogP contribution >= 0.6 is 11.8 Å². The largest absolute Gasteiger partial charge is 0.480 e. The van der Waals surface area contributed by atoms with Gasteiger partial charge in [-0.15, -0.1) is 11.8 Å². The lowest BCUT2D eigenvalue weighted by atomic mass is 9.92. The summed E-state index contributed by atoms with van der Waals surface area (Å²) in [6.45, 7) is 6.39.